The van der Waals surface area contributed by atoms with Crippen LogP contribution in [0.1, 0.15) is 29.3 Å². The Morgan fingerprint density at radius 2 is 2.11 bits per heavy atom. The quantitative estimate of drug-likeness (QED) is 0.346. The van der Waals surface area contributed by atoms with E-state index in [2.05, 4.69) is 4.74 Å². The zero-order valence-corrected chi connectivity index (χ0v) is 10.6. The number of ether oxygens (including phenoxy) is 2. The van der Waals surface area contributed by atoms with Crippen molar-refractivity contribution in [1.82, 2.24) is 0 Å². The Morgan fingerprint density at radius 1 is 1.32 bits per heavy atom. The van der Waals surface area contributed by atoms with Gasteiger partial charge in [0.1, 0.15) is 5.75 Å². The van der Waals surface area contributed by atoms with Crippen molar-refractivity contribution in [2.75, 3.05) is 13.2 Å². The van der Waals surface area contributed by atoms with Crippen LogP contribution < -0.4 is 4.74 Å². The van der Waals surface area contributed by atoms with Gasteiger partial charge in [0.15, 0.2) is 5.78 Å². The molecule has 1 aliphatic rings. The fraction of sp³-hybridized carbons (Fsp3) is 0.357. The van der Waals surface area contributed by atoms with Crippen LogP contribution in [0.2, 0.25) is 0 Å². The molecule has 0 atom stereocenters. The maximum absolute atomic E-state index is 11.9. The molecule has 1 heterocycles. The van der Waals surface area contributed by atoms with Crippen LogP contribution in [-0.4, -0.2) is 30.7 Å². The smallest absolute Gasteiger partial charge is 0.375 e. The van der Waals surface area contributed by atoms with E-state index in [1.54, 1.807) is 25.1 Å². The molecule has 0 bridgehead atoms. The number of Topliss-reactive ketones (excluding diaryl/α,β-unsaturated/α-hetero) is 2. The monoisotopic (exact) mass is 262 g/mol. The average Bonchev–Trinajstić information content (AvgIpc) is 2.85. The van der Waals surface area contributed by atoms with E-state index in [0.29, 0.717) is 12.2 Å². The molecule has 0 unspecified atom stereocenters. The lowest BCUT2D eigenvalue weighted by molar-refractivity contribution is -0.153. The number of carbonyl (C=O) groups excluding carboxylic acids is 3. The third-order valence-electron chi connectivity index (χ3n) is 2.84. The molecule has 0 fully saturated rings. The minimum Gasteiger partial charge on any atom is -0.493 e. The summed E-state index contributed by atoms with van der Waals surface area (Å²) < 4.78 is 9.89. The van der Waals surface area contributed by atoms with Gasteiger partial charge >= 0.3 is 5.97 Å². The van der Waals surface area contributed by atoms with Crippen LogP contribution in [0.3, 0.4) is 0 Å². The standard InChI is InChI=1S/C14H14O5/c1-2-18-14(17)12(16)8-11(15)9-3-4-13-10(7-9)5-6-19-13/h3-4,7H,2,5-6,8H2,1H3. The van der Waals surface area contributed by atoms with Crippen molar-refractivity contribution < 1.29 is 23.9 Å². The zero-order chi connectivity index (χ0) is 13.8. The highest BCUT2D eigenvalue weighted by molar-refractivity contribution is 6.38. The molecule has 0 amide bonds. The van der Waals surface area contributed by atoms with Crippen LogP contribution in [-0.2, 0) is 20.7 Å². The summed E-state index contributed by atoms with van der Waals surface area (Å²) in [5, 5.41) is 0. The molecule has 19 heavy (non-hydrogen) atoms. The molecule has 100 valence electrons. The highest BCUT2D eigenvalue weighted by Gasteiger charge is 2.21. The molecule has 5 nitrogen and oxygen atoms in total. The Morgan fingerprint density at radius 3 is 2.84 bits per heavy atom. The third kappa shape index (κ3) is 2.99. The van der Waals surface area contributed by atoms with Gasteiger partial charge in [-0.25, -0.2) is 4.79 Å². The number of hydrogen-bond acceptors (Lipinski definition) is 5. The molecule has 0 aliphatic carbocycles. The Kier molecular flexibility index (Phi) is 3.94. The van der Waals surface area contributed by atoms with Crippen molar-refractivity contribution in [1.29, 1.82) is 0 Å². The van der Waals surface area contributed by atoms with E-state index in [9.17, 15) is 14.4 Å². The first kappa shape index (κ1) is 13.3. The topological polar surface area (TPSA) is 69.7 Å². The van der Waals surface area contributed by atoms with E-state index in [-0.39, 0.29) is 12.4 Å². The van der Waals surface area contributed by atoms with Gasteiger partial charge in [0, 0.05) is 12.0 Å². The lowest BCUT2D eigenvalue weighted by Gasteiger charge is -2.03. The van der Waals surface area contributed by atoms with Crippen LogP contribution in [0.15, 0.2) is 18.2 Å². The predicted octanol–water partition coefficient (Wildman–Crippen LogP) is 1.33. The largest absolute Gasteiger partial charge is 0.493 e. The van der Waals surface area contributed by atoms with E-state index in [0.717, 1.165) is 17.7 Å². The summed E-state index contributed by atoms with van der Waals surface area (Å²) in [6, 6.07) is 5.03. The van der Waals surface area contributed by atoms with Crippen LogP contribution in [0.25, 0.3) is 0 Å². The van der Waals surface area contributed by atoms with Gasteiger partial charge in [-0.1, -0.05) is 0 Å². The van der Waals surface area contributed by atoms with Crippen molar-refractivity contribution in [3.05, 3.63) is 29.3 Å². The van der Waals surface area contributed by atoms with Gasteiger partial charge < -0.3 is 9.47 Å². The first-order valence-electron chi connectivity index (χ1n) is 6.10. The third-order valence-corrected chi connectivity index (χ3v) is 2.84. The number of hydrogen-bond donors (Lipinski definition) is 0. The molecule has 5 heteroatoms. The molecule has 1 aromatic rings. The highest BCUT2D eigenvalue weighted by Crippen LogP contribution is 2.26. The van der Waals surface area contributed by atoms with Crippen LogP contribution >= 0.6 is 0 Å². The first-order valence-corrected chi connectivity index (χ1v) is 6.10. The van der Waals surface area contributed by atoms with Gasteiger partial charge in [-0.15, -0.1) is 0 Å². The second-order valence-corrected chi connectivity index (χ2v) is 4.16. The Bertz CT molecular complexity index is 533. The normalized spacial score (nSPS) is 12.5. The molecule has 0 aromatic heterocycles. The summed E-state index contributed by atoms with van der Waals surface area (Å²) in [6.07, 6.45) is 0.292. The minimum atomic E-state index is -0.958. The summed E-state index contributed by atoms with van der Waals surface area (Å²) in [7, 11) is 0. The lowest BCUT2D eigenvalue weighted by atomic mass is 10.0. The van der Waals surface area contributed by atoms with Crippen molar-refractivity contribution >= 4 is 17.5 Å². The van der Waals surface area contributed by atoms with Crippen molar-refractivity contribution in [2.24, 2.45) is 0 Å². The molecule has 0 N–H and O–H groups in total. The molecule has 1 aliphatic heterocycles. The lowest BCUT2D eigenvalue weighted by Crippen LogP contribution is -2.20. The molecular formula is C14H14O5. The Balaban J connectivity index is 2.04. The molecule has 2 rings (SSSR count). The van der Waals surface area contributed by atoms with E-state index >= 15 is 0 Å². The van der Waals surface area contributed by atoms with Gasteiger partial charge in [0.2, 0.25) is 5.78 Å². The Labute approximate surface area is 110 Å². The SMILES string of the molecule is CCOC(=O)C(=O)CC(=O)c1ccc2c(c1)CCO2. The summed E-state index contributed by atoms with van der Waals surface area (Å²) in [6.45, 7) is 2.33. The second-order valence-electron chi connectivity index (χ2n) is 4.16. The number of esters is 1. The number of carbonyl (C=O) groups is 3. The summed E-state index contributed by atoms with van der Waals surface area (Å²) in [4.78, 5) is 34.5. The highest BCUT2D eigenvalue weighted by atomic mass is 16.5. The average molecular weight is 262 g/mol. The fourth-order valence-corrected chi connectivity index (χ4v) is 1.89. The number of ketones is 2. The molecule has 0 saturated carbocycles. The van der Waals surface area contributed by atoms with Gasteiger partial charge in [-0.05, 0) is 30.7 Å². The number of benzene rings is 1. The van der Waals surface area contributed by atoms with Gasteiger partial charge in [0.25, 0.3) is 0 Å². The van der Waals surface area contributed by atoms with E-state index < -0.39 is 18.2 Å². The Hall–Kier alpha value is -2.17. The van der Waals surface area contributed by atoms with Gasteiger partial charge in [-0.2, -0.15) is 0 Å². The molecular weight excluding hydrogens is 248 g/mol. The molecule has 0 radical (unpaired) electrons. The van der Waals surface area contributed by atoms with Crippen molar-refractivity contribution in [3.63, 3.8) is 0 Å². The summed E-state index contributed by atoms with van der Waals surface area (Å²) in [5.41, 5.74) is 1.37. The second kappa shape index (κ2) is 5.65. The van der Waals surface area contributed by atoms with Crippen molar-refractivity contribution in [3.8, 4) is 5.75 Å². The van der Waals surface area contributed by atoms with E-state index in [1.165, 1.54) is 0 Å². The van der Waals surface area contributed by atoms with Gasteiger partial charge in [0.05, 0.1) is 19.6 Å². The fourth-order valence-electron chi connectivity index (χ4n) is 1.89. The van der Waals surface area contributed by atoms with Crippen LogP contribution in [0.4, 0.5) is 0 Å². The van der Waals surface area contributed by atoms with Gasteiger partial charge in [-0.3, -0.25) is 9.59 Å². The number of fused-ring (bicyclic) bond motifs is 1. The molecule has 0 saturated heterocycles. The van der Waals surface area contributed by atoms with Crippen LogP contribution in [0, 0.1) is 0 Å². The van der Waals surface area contributed by atoms with Crippen molar-refractivity contribution in [2.45, 2.75) is 19.8 Å². The number of rotatable bonds is 5. The maximum atomic E-state index is 11.9. The van der Waals surface area contributed by atoms with E-state index in [1.807, 2.05) is 0 Å². The van der Waals surface area contributed by atoms with Crippen LogP contribution in [0.5, 0.6) is 5.75 Å². The summed E-state index contributed by atoms with van der Waals surface area (Å²) in [5.74, 6) is -1.38. The predicted molar refractivity (Wildman–Crippen MR) is 66.2 cm³/mol. The first-order chi connectivity index (χ1) is 9.11. The molecule has 0 spiro atoms. The zero-order valence-electron chi connectivity index (χ0n) is 10.6. The molecule has 1 aromatic carbocycles. The minimum absolute atomic E-state index is 0.120. The summed E-state index contributed by atoms with van der Waals surface area (Å²) >= 11 is 0. The maximum Gasteiger partial charge on any atom is 0.375 e. The van der Waals surface area contributed by atoms with E-state index in [4.69, 9.17) is 4.74 Å².